The minimum absolute atomic E-state index is 0.158. The van der Waals surface area contributed by atoms with Gasteiger partial charge in [0.25, 0.3) is 0 Å². The summed E-state index contributed by atoms with van der Waals surface area (Å²) in [6, 6.07) is -0.826. The Morgan fingerprint density at radius 3 is 1.18 bits per heavy atom. The van der Waals surface area contributed by atoms with Gasteiger partial charge in [-0.05, 0) is 64.2 Å². The van der Waals surface area contributed by atoms with Crippen LogP contribution in [0.4, 0.5) is 0 Å². The van der Waals surface area contributed by atoms with Gasteiger partial charge in [0.1, 0.15) is 6.10 Å². The molecule has 0 aliphatic rings. The van der Waals surface area contributed by atoms with Crippen molar-refractivity contribution in [2.45, 2.75) is 244 Å². The first-order valence-corrected chi connectivity index (χ1v) is 21.6. The summed E-state index contributed by atoms with van der Waals surface area (Å²) in [5.41, 5.74) is 0. The van der Waals surface area contributed by atoms with Crippen LogP contribution >= 0.6 is 0 Å². The highest BCUT2D eigenvalue weighted by Crippen LogP contribution is 2.15. The van der Waals surface area contributed by atoms with Crippen LogP contribution in [-0.2, 0) is 4.79 Å². The lowest BCUT2D eigenvalue weighted by Crippen LogP contribution is -2.50. The Morgan fingerprint density at radius 1 is 0.490 bits per heavy atom. The van der Waals surface area contributed by atoms with Crippen LogP contribution in [0.1, 0.15) is 226 Å². The summed E-state index contributed by atoms with van der Waals surface area (Å²) in [5, 5.41) is 33.5. The van der Waals surface area contributed by atoms with Gasteiger partial charge in [-0.3, -0.25) is 4.79 Å². The highest BCUT2D eigenvalue weighted by atomic mass is 16.3. The number of carbonyl (C=O) groups excluding carboxylic acids is 1. The standard InChI is InChI=1S/C44H85NO4/c1-3-5-7-9-11-13-15-17-19-21-23-24-26-28-30-32-34-36-38-42(47)44(49)41(40-46)45-43(48)39-37-35-33-31-29-27-25-22-20-18-16-14-12-10-8-6-4-2/h18,20,30,32,41-42,44,46-47,49H,3-17,19,21-29,31,33-40H2,1-2H3,(H,45,48)/b20-18-,32-30+. The molecule has 0 aromatic carbocycles. The van der Waals surface area contributed by atoms with Crippen molar-refractivity contribution in [2.24, 2.45) is 0 Å². The van der Waals surface area contributed by atoms with E-state index in [2.05, 4.69) is 43.5 Å². The molecule has 0 saturated heterocycles. The maximum atomic E-state index is 12.4. The normalized spacial score (nSPS) is 13.8. The zero-order valence-electron chi connectivity index (χ0n) is 32.8. The van der Waals surface area contributed by atoms with Crippen LogP contribution in [0.25, 0.3) is 0 Å². The molecular weight excluding hydrogens is 606 g/mol. The summed E-state index contributed by atoms with van der Waals surface area (Å²) in [7, 11) is 0. The van der Waals surface area contributed by atoms with E-state index in [0.717, 1.165) is 38.5 Å². The van der Waals surface area contributed by atoms with Gasteiger partial charge in [-0.1, -0.05) is 179 Å². The summed E-state index contributed by atoms with van der Waals surface area (Å²) in [5.74, 6) is -0.158. The summed E-state index contributed by atoms with van der Waals surface area (Å²) in [6.45, 7) is 4.17. The molecule has 0 fully saturated rings. The van der Waals surface area contributed by atoms with Crippen LogP contribution < -0.4 is 5.32 Å². The molecule has 0 aliphatic heterocycles. The Balaban J connectivity index is 3.68. The SMILES string of the molecule is CCCCCCCC/C=C\CCCCCCCCCC(=O)NC(CO)C(O)C(O)CCC/C=C/CCCCCCCCCCCCCCC. The molecule has 0 aromatic rings. The Morgan fingerprint density at radius 2 is 0.816 bits per heavy atom. The molecule has 5 nitrogen and oxygen atoms in total. The Hall–Kier alpha value is -1.17. The van der Waals surface area contributed by atoms with Gasteiger partial charge < -0.3 is 20.6 Å². The smallest absolute Gasteiger partial charge is 0.220 e. The first kappa shape index (κ1) is 47.8. The number of allylic oxidation sites excluding steroid dienone is 4. The average molecular weight is 692 g/mol. The van der Waals surface area contributed by atoms with Gasteiger partial charge in [0.15, 0.2) is 0 Å². The van der Waals surface area contributed by atoms with E-state index in [9.17, 15) is 20.1 Å². The van der Waals surface area contributed by atoms with Crippen molar-refractivity contribution in [3.63, 3.8) is 0 Å². The van der Waals surface area contributed by atoms with Crippen molar-refractivity contribution >= 4 is 5.91 Å². The Kier molecular flexibility index (Phi) is 38.7. The van der Waals surface area contributed by atoms with Crippen molar-refractivity contribution in [1.29, 1.82) is 0 Å². The van der Waals surface area contributed by atoms with Crippen LogP contribution in [0.5, 0.6) is 0 Å². The lowest BCUT2D eigenvalue weighted by Gasteiger charge is -2.26. The highest BCUT2D eigenvalue weighted by Gasteiger charge is 2.26. The maximum absolute atomic E-state index is 12.4. The Bertz CT molecular complexity index is 724. The van der Waals surface area contributed by atoms with Gasteiger partial charge in [-0.2, -0.15) is 0 Å². The van der Waals surface area contributed by atoms with Gasteiger partial charge in [0.05, 0.1) is 18.8 Å². The molecule has 3 unspecified atom stereocenters. The van der Waals surface area contributed by atoms with Crippen molar-refractivity contribution in [3.8, 4) is 0 Å². The zero-order valence-corrected chi connectivity index (χ0v) is 32.8. The van der Waals surface area contributed by atoms with Crippen molar-refractivity contribution in [3.05, 3.63) is 24.3 Å². The van der Waals surface area contributed by atoms with E-state index in [4.69, 9.17) is 0 Å². The van der Waals surface area contributed by atoms with E-state index in [1.165, 1.54) is 161 Å². The monoisotopic (exact) mass is 692 g/mol. The van der Waals surface area contributed by atoms with Gasteiger partial charge in [-0.25, -0.2) is 0 Å². The third kappa shape index (κ3) is 35.0. The molecule has 0 saturated carbocycles. The fourth-order valence-corrected chi connectivity index (χ4v) is 6.63. The second-order valence-corrected chi connectivity index (χ2v) is 14.9. The number of aliphatic hydroxyl groups excluding tert-OH is 3. The van der Waals surface area contributed by atoms with Crippen LogP contribution in [0.15, 0.2) is 24.3 Å². The number of hydrogen-bond acceptors (Lipinski definition) is 4. The van der Waals surface area contributed by atoms with E-state index in [1.807, 2.05) is 0 Å². The van der Waals surface area contributed by atoms with Crippen molar-refractivity contribution in [1.82, 2.24) is 5.32 Å². The number of carbonyl (C=O) groups is 1. The van der Waals surface area contributed by atoms with E-state index in [1.54, 1.807) is 0 Å². The van der Waals surface area contributed by atoms with E-state index in [-0.39, 0.29) is 12.5 Å². The van der Waals surface area contributed by atoms with Crippen LogP contribution in [-0.4, -0.2) is 46.1 Å². The maximum Gasteiger partial charge on any atom is 0.220 e. The quantitative estimate of drug-likeness (QED) is 0.0381. The van der Waals surface area contributed by atoms with Crippen molar-refractivity contribution < 1.29 is 20.1 Å². The molecule has 49 heavy (non-hydrogen) atoms. The van der Waals surface area contributed by atoms with Crippen LogP contribution in [0.2, 0.25) is 0 Å². The van der Waals surface area contributed by atoms with E-state index < -0.39 is 18.2 Å². The minimum atomic E-state index is -1.16. The lowest BCUT2D eigenvalue weighted by molar-refractivity contribution is -0.124. The number of rotatable bonds is 39. The molecule has 0 spiro atoms. The summed E-state index contributed by atoms with van der Waals surface area (Å²) in [6.07, 6.45) is 47.1. The second-order valence-electron chi connectivity index (χ2n) is 14.9. The molecule has 0 aromatic heterocycles. The summed E-state index contributed by atoms with van der Waals surface area (Å²) in [4.78, 5) is 12.4. The molecule has 1 amide bonds. The molecule has 0 radical (unpaired) electrons. The van der Waals surface area contributed by atoms with Crippen LogP contribution in [0, 0.1) is 0 Å². The minimum Gasteiger partial charge on any atom is -0.394 e. The van der Waals surface area contributed by atoms with Crippen LogP contribution in [0.3, 0.4) is 0 Å². The molecule has 3 atom stereocenters. The van der Waals surface area contributed by atoms with Gasteiger partial charge >= 0.3 is 0 Å². The average Bonchev–Trinajstić information content (AvgIpc) is 3.10. The molecule has 0 aliphatic carbocycles. The fraction of sp³-hybridized carbons (Fsp3) is 0.886. The molecule has 0 heterocycles. The molecule has 0 rings (SSSR count). The molecular formula is C44H85NO4. The predicted molar refractivity (Wildman–Crippen MR) is 213 cm³/mol. The lowest BCUT2D eigenvalue weighted by atomic mass is 10.0. The molecule has 0 bridgehead atoms. The van der Waals surface area contributed by atoms with Crippen molar-refractivity contribution in [2.75, 3.05) is 6.61 Å². The first-order valence-electron chi connectivity index (χ1n) is 21.6. The Labute approximate surface area is 305 Å². The van der Waals surface area contributed by atoms with Gasteiger partial charge in [0, 0.05) is 6.42 Å². The zero-order chi connectivity index (χ0) is 35.9. The number of unbranched alkanes of at least 4 members (excludes halogenated alkanes) is 27. The largest absolute Gasteiger partial charge is 0.394 e. The second kappa shape index (κ2) is 39.6. The molecule has 5 heteroatoms. The van der Waals surface area contributed by atoms with Gasteiger partial charge in [0.2, 0.25) is 5.91 Å². The third-order valence-corrected chi connectivity index (χ3v) is 10.0. The fourth-order valence-electron chi connectivity index (χ4n) is 6.63. The number of hydrogen-bond donors (Lipinski definition) is 4. The van der Waals surface area contributed by atoms with E-state index >= 15 is 0 Å². The third-order valence-electron chi connectivity index (χ3n) is 10.0. The summed E-state index contributed by atoms with van der Waals surface area (Å²) < 4.78 is 0. The highest BCUT2D eigenvalue weighted by molar-refractivity contribution is 5.76. The number of aliphatic hydroxyl groups is 3. The topological polar surface area (TPSA) is 89.8 Å². The first-order chi connectivity index (χ1) is 24.1. The van der Waals surface area contributed by atoms with Gasteiger partial charge in [-0.15, -0.1) is 0 Å². The predicted octanol–water partition coefficient (Wildman–Crippen LogP) is 12.2. The number of amides is 1. The van der Waals surface area contributed by atoms with E-state index in [0.29, 0.717) is 12.8 Å². The molecule has 290 valence electrons. The molecule has 4 N–H and O–H groups in total. The summed E-state index contributed by atoms with van der Waals surface area (Å²) >= 11 is 0. The number of nitrogens with one attached hydrogen (secondary N) is 1.